The van der Waals surface area contributed by atoms with E-state index in [2.05, 4.69) is 85.0 Å². The van der Waals surface area contributed by atoms with Crippen LogP contribution >= 0.6 is 0 Å². The van der Waals surface area contributed by atoms with Gasteiger partial charge in [0.15, 0.2) is 0 Å². The Hall–Kier alpha value is -7.26. The van der Waals surface area contributed by atoms with Crippen LogP contribution in [0.3, 0.4) is 0 Å². The molecule has 0 atom stereocenters. The minimum Gasteiger partial charge on any atom is -0.492 e. The highest BCUT2D eigenvalue weighted by Crippen LogP contribution is 2.30. The van der Waals surface area contributed by atoms with Crippen molar-refractivity contribution >= 4 is 11.9 Å². The lowest BCUT2D eigenvalue weighted by molar-refractivity contribution is 0.0516. The number of hydrogen-bond donors (Lipinski definition) is 0. The van der Waals surface area contributed by atoms with Crippen molar-refractivity contribution in [3.05, 3.63) is 153 Å². The highest BCUT2D eigenvalue weighted by molar-refractivity contribution is 5.91. The van der Waals surface area contributed by atoms with E-state index in [9.17, 15) is 9.59 Å². The van der Waals surface area contributed by atoms with Crippen LogP contribution in [0, 0.1) is 59.2 Å². The Balaban J connectivity index is 1.63. The zero-order valence-corrected chi connectivity index (χ0v) is 33.6. The van der Waals surface area contributed by atoms with Crippen LogP contribution in [-0.2, 0) is 9.47 Å². The molecule has 3 aromatic carbocycles. The first kappa shape index (κ1) is 41.9. The Morgan fingerprint density at radius 3 is 1.28 bits per heavy atom. The van der Waals surface area contributed by atoms with E-state index in [1.165, 1.54) is 0 Å². The van der Waals surface area contributed by atoms with Gasteiger partial charge in [0.2, 0.25) is 0 Å². The van der Waals surface area contributed by atoms with Gasteiger partial charge in [-0.3, -0.25) is 9.97 Å². The minimum absolute atomic E-state index is 0.232. The standard InChI is InChI=1S/C50H44N2O6/c1-7-55-49(53)45-23-19-39(41(27-45)15-13-37-11-9-25-51-31-37)17-21-43-29-48(58-34-36(5)6)44(30-47(43)57-33-35(3)4)22-18-40-20-24-46(50(54)56-8-2)28-42(40)16-14-38-12-10-26-52-32-38/h9-12,19-20,23-32,35-36H,7-8,33-34H2,1-6H3. The second-order valence-electron chi connectivity index (χ2n) is 13.7. The summed E-state index contributed by atoms with van der Waals surface area (Å²) in [6.07, 6.45) is 6.70. The molecular formula is C50H44N2O6. The van der Waals surface area contributed by atoms with Crippen molar-refractivity contribution in [2.75, 3.05) is 26.4 Å². The zero-order valence-electron chi connectivity index (χ0n) is 33.6. The van der Waals surface area contributed by atoms with Crippen LogP contribution in [0.15, 0.2) is 97.6 Å². The molecule has 58 heavy (non-hydrogen) atoms. The lowest BCUT2D eigenvalue weighted by Gasteiger charge is -2.15. The van der Waals surface area contributed by atoms with Gasteiger partial charge in [-0.15, -0.1) is 0 Å². The fraction of sp³-hybridized carbons (Fsp3) is 0.240. The van der Waals surface area contributed by atoms with Gasteiger partial charge in [-0.1, -0.05) is 75.1 Å². The van der Waals surface area contributed by atoms with Gasteiger partial charge in [-0.05, 0) is 86.3 Å². The summed E-state index contributed by atoms with van der Waals surface area (Å²) in [4.78, 5) is 33.6. The number of pyridine rings is 2. The lowest BCUT2D eigenvalue weighted by atomic mass is 10.0. The molecule has 2 aromatic heterocycles. The number of benzene rings is 3. The van der Waals surface area contributed by atoms with Crippen LogP contribution in [0.25, 0.3) is 0 Å². The number of carbonyl (C=O) groups is 2. The van der Waals surface area contributed by atoms with Gasteiger partial charge in [0, 0.05) is 70.3 Å². The molecule has 5 aromatic rings. The quantitative estimate of drug-likeness (QED) is 0.103. The molecule has 0 aliphatic rings. The highest BCUT2D eigenvalue weighted by Gasteiger charge is 2.14. The number of ether oxygens (including phenoxy) is 4. The normalized spacial score (nSPS) is 10.1. The average molecular weight is 769 g/mol. The smallest absolute Gasteiger partial charge is 0.338 e. The number of rotatable bonds is 10. The Kier molecular flexibility index (Phi) is 15.3. The van der Waals surface area contributed by atoms with Gasteiger partial charge in [0.25, 0.3) is 0 Å². The summed E-state index contributed by atoms with van der Waals surface area (Å²) in [6.45, 7) is 13.2. The first-order valence-electron chi connectivity index (χ1n) is 19.1. The predicted octanol–water partition coefficient (Wildman–Crippen LogP) is 8.50. The van der Waals surface area contributed by atoms with Gasteiger partial charge in [-0.25, -0.2) is 9.59 Å². The molecule has 0 fully saturated rings. The van der Waals surface area contributed by atoms with Crippen molar-refractivity contribution < 1.29 is 28.5 Å². The summed E-state index contributed by atoms with van der Waals surface area (Å²) in [5, 5.41) is 0. The monoisotopic (exact) mass is 768 g/mol. The third kappa shape index (κ3) is 12.4. The van der Waals surface area contributed by atoms with E-state index in [0.717, 1.165) is 11.1 Å². The van der Waals surface area contributed by atoms with Crippen molar-refractivity contribution in [2.24, 2.45) is 11.8 Å². The molecule has 0 amide bonds. The molecule has 0 bridgehead atoms. The van der Waals surface area contributed by atoms with E-state index < -0.39 is 11.9 Å². The molecule has 8 nitrogen and oxygen atoms in total. The van der Waals surface area contributed by atoms with Crippen molar-refractivity contribution in [3.8, 4) is 58.9 Å². The fourth-order valence-corrected chi connectivity index (χ4v) is 5.12. The Labute approximate surface area is 341 Å². The molecule has 0 saturated heterocycles. The Bertz CT molecular complexity index is 2320. The van der Waals surface area contributed by atoms with E-state index in [-0.39, 0.29) is 25.0 Å². The molecular weight excluding hydrogens is 725 g/mol. The largest absolute Gasteiger partial charge is 0.492 e. The maximum absolute atomic E-state index is 12.6. The molecule has 0 saturated carbocycles. The molecule has 0 spiro atoms. The van der Waals surface area contributed by atoms with Crippen molar-refractivity contribution in [2.45, 2.75) is 41.5 Å². The first-order chi connectivity index (χ1) is 28.1. The van der Waals surface area contributed by atoms with Gasteiger partial charge in [0.05, 0.1) is 48.7 Å². The number of hydrogen-bond acceptors (Lipinski definition) is 8. The van der Waals surface area contributed by atoms with Gasteiger partial charge >= 0.3 is 11.9 Å². The molecule has 0 radical (unpaired) electrons. The second kappa shape index (κ2) is 21.2. The zero-order chi connectivity index (χ0) is 41.3. The number of aromatic nitrogens is 2. The Morgan fingerprint density at radius 2 is 0.914 bits per heavy atom. The molecule has 0 unspecified atom stereocenters. The van der Waals surface area contributed by atoms with Gasteiger partial charge in [-0.2, -0.15) is 0 Å². The number of esters is 2. The molecule has 5 rings (SSSR count). The molecule has 0 N–H and O–H groups in total. The summed E-state index contributed by atoms with van der Waals surface area (Å²) in [6, 6.07) is 21.3. The first-order valence-corrected chi connectivity index (χ1v) is 19.1. The van der Waals surface area contributed by atoms with Crippen LogP contribution < -0.4 is 9.47 Å². The maximum atomic E-state index is 12.6. The van der Waals surface area contributed by atoms with Crippen LogP contribution in [0.4, 0.5) is 0 Å². The molecule has 2 heterocycles. The topological polar surface area (TPSA) is 96.8 Å². The summed E-state index contributed by atoms with van der Waals surface area (Å²) in [7, 11) is 0. The van der Waals surface area contributed by atoms with E-state index >= 15 is 0 Å². The summed E-state index contributed by atoms with van der Waals surface area (Å²) >= 11 is 0. The summed E-state index contributed by atoms with van der Waals surface area (Å²) in [5.41, 5.74) is 5.70. The van der Waals surface area contributed by atoms with E-state index in [1.807, 2.05) is 36.4 Å². The molecule has 290 valence electrons. The van der Waals surface area contributed by atoms with Crippen LogP contribution in [-0.4, -0.2) is 48.3 Å². The lowest BCUT2D eigenvalue weighted by Crippen LogP contribution is -2.08. The van der Waals surface area contributed by atoms with E-state index in [0.29, 0.717) is 69.2 Å². The predicted molar refractivity (Wildman–Crippen MR) is 224 cm³/mol. The van der Waals surface area contributed by atoms with Crippen LogP contribution in [0.1, 0.15) is 107 Å². The molecule has 8 heteroatoms. The second-order valence-corrected chi connectivity index (χ2v) is 13.7. The van der Waals surface area contributed by atoms with Crippen LogP contribution in [0.5, 0.6) is 11.5 Å². The van der Waals surface area contributed by atoms with Crippen molar-refractivity contribution in [1.29, 1.82) is 0 Å². The third-order valence-electron chi connectivity index (χ3n) is 7.96. The SMILES string of the molecule is CCOC(=O)c1ccc(C#Cc2cc(OCC(C)C)c(C#Cc3ccc(C(=O)OCC)cc3C#Cc3cccnc3)cc2OCC(C)C)c(C#Cc2cccnc2)c1. The molecule has 0 aliphatic carbocycles. The summed E-state index contributed by atoms with van der Waals surface area (Å²) in [5.74, 6) is 26.4. The summed E-state index contributed by atoms with van der Waals surface area (Å²) < 4.78 is 23.2. The van der Waals surface area contributed by atoms with Crippen molar-refractivity contribution in [3.63, 3.8) is 0 Å². The maximum Gasteiger partial charge on any atom is 0.338 e. The average Bonchev–Trinajstić information content (AvgIpc) is 3.23. The highest BCUT2D eigenvalue weighted by atomic mass is 16.5. The van der Waals surface area contributed by atoms with Crippen molar-refractivity contribution in [1.82, 2.24) is 9.97 Å². The number of nitrogens with zero attached hydrogens (tertiary/aromatic N) is 2. The third-order valence-corrected chi connectivity index (χ3v) is 7.96. The van der Waals surface area contributed by atoms with E-state index in [4.69, 9.17) is 18.9 Å². The van der Waals surface area contributed by atoms with Gasteiger partial charge in [0.1, 0.15) is 11.5 Å². The minimum atomic E-state index is -0.443. The van der Waals surface area contributed by atoms with Gasteiger partial charge < -0.3 is 18.9 Å². The molecule has 0 aliphatic heterocycles. The number of carbonyl (C=O) groups excluding carboxylic acids is 2. The van der Waals surface area contributed by atoms with Crippen LogP contribution in [0.2, 0.25) is 0 Å². The van der Waals surface area contributed by atoms with E-state index in [1.54, 1.807) is 75.0 Å². The Morgan fingerprint density at radius 1 is 0.517 bits per heavy atom. The fourth-order valence-electron chi connectivity index (χ4n) is 5.12.